The summed E-state index contributed by atoms with van der Waals surface area (Å²) in [5.41, 5.74) is 3.28. The highest BCUT2D eigenvalue weighted by Crippen LogP contribution is 2.31. The van der Waals surface area contributed by atoms with Gasteiger partial charge in [0, 0.05) is 24.8 Å². The van der Waals surface area contributed by atoms with Crippen LogP contribution in [-0.4, -0.2) is 62.7 Å². The fraction of sp³-hybridized carbons (Fsp3) is 0.708. The molecule has 1 atom stereocenters. The summed E-state index contributed by atoms with van der Waals surface area (Å²) in [5.74, 6) is 0.408. The van der Waals surface area contributed by atoms with Crippen molar-refractivity contribution in [3.8, 4) is 0 Å². The second-order valence-electron chi connectivity index (χ2n) is 10.4. The highest BCUT2D eigenvalue weighted by molar-refractivity contribution is 6.06. The van der Waals surface area contributed by atoms with Gasteiger partial charge in [-0.1, -0.05) is 13.8 Å². The highest BCUT2D eigenvalue weighted by atomic mass is 16.2. The van der Waals surface area contributed by atoms with Crippen LogP contribution in [0.3, 0.4) is 0 Å². The molecule has 2 aliphatic rings. The maximum absolute atomic E-state index is 13.9. The van der Waals surface area contributed by atoms with Crippen LogP contribution in [0.1, 0.15) is 88.0 Å². The molecule has 2 aliphatic heterocycles. The Hall–Kier alpha value is -1.95. The van der Waals surface area contributed by atoms with E-state index >= 15 is 0 Å². The summed E-state index contributed by atoms with van der Waals surface area (Å²) < 4.78 is 1.99. The summed E-state index contributed by atoms with van der Waals surface area (Å²) in [5, 5.41) is 5.73. The lowest BCUT2D eigenvalue weighted by atomic mass is 10.0. The van der Waals surface area contributed by atoms with Crippen molar-refractivity contribution in [2.24, 2.45) is 0 Å². The van der Waals surface area contributed by atoms with Crippen LogP contribution in [0.15, 0.2) is 6.07 Å². The standard InChI is InChI=1S/C24H37N5O/c1-16(2)20-14-19(21-17(3)26-29(22(21)25-20)24(4,5)6)23(30)28-13-9-10-18(28)15-27-11-7-8-12-27/h14,16,18H,7-13,15H2,1-6H3. The number of aryl methyl sites for hydroxylation is 1. The second kappa shape index (κ2) is 7.95. The molecule has 4 rings (SSSR count). The molecule has 1 unspecified atom stereocenters. The Kier molecular flexibility index (Phi) is 5.64. The van der Waals surface area contributed by atoms with Crippen LogP contribution in [0.2, 0.25) is 0 Å². The number of amides is 1. The van der Waals surface area contributed by atoms with Gasteiger partial charge in [-0.15, -0.1) is 0 Å². The van der Waals surface area contributed by atoms with Crippen LogP contribution in [0.5, 0.6) is 0 Å². The lowest BCUT2D eigenvalue weighted by Crippen LogP contribution is -2.42. The summed E-state index contributed by atoms with van der Waals surface area (Å²) in [6, 6.07) is 2.35. The van der Waals surface area contributed by atoms with Crippen LogP contribution in [0, 0.1) is 6.92 Å². The van der Waals surface area contributed by atoms with Gasteiger partial charge in [-0.2, -0.15) is 5.10 Å². The van der Waals surface area contributed by atoms with Gasteiger partial charge < -0.3 is 9.80 Å². The molecule has 6 nitrogen and oxygen atoms in total. The van der Waals surface area contributed by atoms with Gasteiger partial charge in [-0.3, -0.25) is 4.79 Å². The van der Waals surface area contributed by atoms with Crippen molar-refractivity contribution in [2.45, 2.75) is 84.7 Å². The van der Waals surface area contributed by atoms with E-state index in [1.54, 1.807) is 0 Å². The zero-order valence-corrected chi connectivity index (χ0v) is 19.5. The van der Waals surface area contributed by atoms with Gasteiger partial charge in [0.2, 0.25) is 0 Å². The van der Waals surface area contributed by atoms with E-state index in [1.165, 1.54) is 25.9 Å². The SMILES string of the molecule is Cc1nn(C(C)(C)C)c2nc(C(C)C)cc(C(=O)N3CCCC3CN3CCCC3)c12. The molecule has 0 aromatic carbocycles. The lowest BCUT2D eigenvalue weighted by molar-refractivity contribution is 0.0710. The number of carbonyl (C=O) groups is 1. The van der Waals surface area contributed by atoms with Crippen LogP contribution in [0.4, 0.5) is 0 Å². The minimum Gasteiger partial charge on any atom is -0.334 e. The maximum Gasteiger partial charge on any atom is 0.255 e. The molecule has 0 spiro atoms. The molecule has 2 fully saturated rings. The average Bonchev–Trinajstić information content (AvgIpc) is 3.41. The topological polar surface area (TPSA) is 54.3 Å². The highest BCUT2D eigenvalue weighted by Gasteiger charge is 2.34. The van der Waals surface area contributed by atoms with E-state index in [-0.39, 0.29) is 17.4 Å². The van der Waals surface area contributed by atoms with E-state index in [0.717, 1.165) is 53.9 Å². The van der Waals surface area contributed by atoms with Gasteiger partial charge in [0.05, 0.1) is 22.2 Å². The number of hydrogen-bond donors (Lipinski definition) is 0. The maximum atomic E-state index is 13.9. The molecule has 0 saturated carbocycles. The molecule has 0 N–H and O–H groups in total. The van der Waals surface area contributed by atoms with Gasteiger partial charge >= 0.3 is 0 Å². The number of pyridine rings is 1. The van der Waals surface area contributed by atoms with Crippen LogP contribution in [0.25, 0.3) is 11.0 Å². The second-order valence-corrected chi connectivity index (χ2v) is 10.4. The van der Waals surface area contributed by atoms with Crippen LogP contribution >= 0.6 is 0 Å². The predicted molar refractivity (Wildman–Crippen MR) is 121 cm³/mol. The van der Waals surface area contributed by atoms with Crippen molar-refractivity contribution in [2.75, 3.05) is 26.2 Å². The summed E-state index contributed by atoms with van der Waals surface area (Å²) in [7, 11) is 0. The molecular formula is C24H37N5O. The monoisotopic (exact) mass is 411 g/mol. The van der Waals surface area contributed by atoms with E-state index in [2.05, 4.69) is 44.4 Å². The molecule has 30 heavy (non-hydrogen) atoms. The Morgan fingerprint density at radius 2 is 1.87 bits per heavy atom. The molecule has 4 heterocycles. The fourth-order valence-corrected chi connectivity index (χ4v) is 4.95. The normalized spacial score (nSPS) is 20.8. The molecule has 1 amide bonds. The van der Waals surface area contributed by atoms with Gasteiger partial charge in [-0.25, -0.2) is 9.67 Å². The third-order valence-corrected chi connectivity index (χ3v) is 6.60. The molecule has 0 aliphatic carbocycles. The molecule has 0 bridgehead atoms. The number of fused-ring (bicyclic) bond motifs is 1. The van der Waals surface area contributed by atoms with Crippen LogP contribution < -0.4 is 0 Å². The average molecular weight is 412 g/mol. The Morgan fingerprint density at radius 3 is 2.50 bits per heavy atom. The van der Waals surface area contributed by atoms with Gasteiger partial charge in [-0.05, 0) is 78.5 Å². The zero-order chi connectivity index (χ0) is 21.6. The van der Waals surface area contributed by atoms with Gasteiger partial charge in [0.25, 0.3) is 5.91 Å². The van der Waals surface area contributed by atoms with Crippen molar-refractivity contribution < 1.29 is 4.79 Å². The third-order valence-electron chi connectivity index (χ3n) is 6.60. The fourth-order valence-electron chi connectivity index (χ4n) is 4.95. The van der Waals surface area contributed by atoms with Crippen LogP contribution in [-0.2, 0) is 5.54 Å². The van der Waals surface area contributed by atoms with Crippen molar-refractivity contribution in [1.29, 1.82) is 0 Å². The molecule has 6 heteroatoms. The third kappa shape index (κ3) is 3.86. The van der Waals surface area contributed by atoms with Crippen molar-refractivity contribution in [3.63, 3.8) is 0 Å². The predicted octanol–water partition coefficient (Wildman–Crippen LogP) is 4.32. The quantitative estimate of drug-likeness (QED) is 0.752. The summed E-state index contributed by atoms with van der Waals surface area (Å²) >= 11 is 0. The molecule has 2 aromatic heterocycles. The smallest absolute Gasteiger partial charge is 0.255 e. The number of nitrogens with zero attached hydrogens (tertiary/aromatic N) is 5. The largest absolute Gasteiger partial charge is 0.334 e. The Morgan fingerprint density at radius 1 is 1.17 bits per heavy atom. The molecule has 164 valence electrons. The Balaban J connectivity index is 1.77. The Labute approximate surface area is 180 Å². The summed E-state index contributed by atoms with van der Waals surface area (Å²) in [4.78, 5) is 23.5. The first-order valence-corrected chi connectivity index (χ1v) is 11.6. The number of rotatable bonds is 4. The van der Waals surface area contributed by atoms with E-state index < -0.39 is 0 Å². The van der Waals surface area contributed by atoms with E-state index in [9.17, 15) is 4.79 Å². The minimum absolute atomic E-state index is 0.155. The summed E-state index contributed by atoms with van der Waals surface area (Å²) in [6.45, 7) is 16.9. The summed E-state index contributed by atoms with van der Waals surface area (Å²) in [6.07, 6.45) is 4.77. The van der Waals surface area contributed by atoms with E-state index in [0.29, 0.717) is 6.04 Å². The van der Waals surface area contributed by atoms with Gasteiger partial charge in [0.1, 0.15) is 0 Å². The molecule has 0 radical (unpaired) electrons. The molecule has 2 aromatic rings. The van der Waals surface area contributed by atoms with E-state index in [4.69, 9.17) is 10.1 Å². The number of aromatic nitrogens is 3. The molecular weight excluding hydrogens is 374 g/mol. The minimum atomic E-state index is -0.193. The van der Waals surface area contributed by atoms with Crippen molar-refractivity contribution in [3.05, 3.63) is 23.0 Å². The van der Waals surface area contributed by atoms with Crippen molar-refractivity contribution in [1.82, 2.24) is 24.6 Å². The Bertz CT molecular complexity index is 933. The first-order chi connectivity index (χ1) is 14.2. The first kappa shape index (κ1) is 21.3. The number of likely N-dealkylation sites (tertiary alicyclic amines) is 2. The van der Waals surface area contributed by atoms with E-state index in [1.807, 2.05) is 17.7 Å². The zero-order valence-electron chi connectivity index (χ0n) is 19.5. The number of hydrogen-bond acceptors (Lipinski definition) is 4. The molecule has 2 saturated heterocycles. The first-order valence-electron chi connectivity index (χ1n) is 11.6. The van der Waals surface area contributed by atoms with Gasteiger partial charge in [0.15, 0.2) is 5.65 Å². The lowest BCUT2D eigenvalue weighted by Gasteiger charge is -2.29. The number of carbonyl (C=O) groups excluding carboxylic acids is 1. The van der Waals surface area contributed by atoms with Crippen molar-refractivity contribution >= 4 is 16.9 Å².